The number of aliphatic carboxylic acids is 1. The van der Waals surface area contributed by atoms with Crippen molar-refractivity contribution in [3.63, 3.8) is 0 Å². The molecule has 0 spiro atoms. The second-order valence-electron chi connectivity index (χ2n) is 38.7. The van der Waals surface area contributed by atoms with Crippen molar-refractivity contribution in [1.29, 1.82) is 0 Å². The number of carbonyl (C=O) groups is 5. The third-order valence-electron chi connectivity index (χ3n) is 29.2. The number of unbranched alkanes of at least 4 members (excludes halogenated alkanes) is 2. The molecule has 8 aliphatic rings. The summed E-state index contributed by atoms with van der Waals surface area (Å²) >= 11 is 1.19. The normalized spacial score (nSPS) is 36.4. The van der Waals surface area contributed by atoms with Crippen LogP contribution >= 0.6 is 11.8 Å². The van der Waals surface area contributed by atoms with Gasteiger partial charge in [0, 0.05) is 37.2 Å². The average molecular weight is 1920 g/mol. The highest BCUT2D eigenvalue weighted by molar-refractivity contribution is 8.00. The summed E-state index contributed by atoms with van der Waals surface area (Å²) in [6.07, 6.45) is -55.6. The molecule has 26 N–H and O–H groups in total. The van der Waals surface area contributed by atoms with Crippen LogP contribution in [-0.4, -0.2) is 384 Å². The number of aliphatic hydroxyl groups excluding tert-OH is 24. The smallest absolute Gasteiger partial charge is 0.319 e. The largest absolute Gasteiger partial charge is 0.504 e. The van der Waals surface area contributed by atoms with Gasteiger partial charge in [0.15, 0.2) is 49.8 Å². The molecular formula is C87H146N4O40S. The number of fused-ring (bicyclic) bond motifs is 7. The van der Waals surface area contributed by atoms with Gasteiger partial charge in [0.05, 0.1) is 61.9 Å². The second kappa shape index (κ2) is 47.5. The molecule has 0 aromatic heterocycles. The number of amides is 3. The van der Waals surface area contributed by atoms with E-state index in [1.54, 1.807) is 13.8 Å². The summed E-state index contributed by atoms with van der Waals surface area (Å²) in [4.78, 5) is 68.7. The van der Waals surface area contributed by atoms with E-state index in [1.807, 2.05) is 27.7 Å². The van der Waals surface area contributed by atoms with Crippen LogP contribution in [0, 0.1) is 56.2 Å². The van der Waals surface area contributed by atoms with Crippen LogP contribution in [0.15, 0.2) is 45.7 Å². The Balaban J connectivity index is 1.12. The lowest BCUT2D eigenvalue weighted by Crippen LogP contribution is -2.68. The Morgan fingerprint density at radius 2 is 1.32 bits per heavy atom. The molecule has 39 atom stereocenters. The van der Waals surface area contributed by atoms with Crippen molar-refractivity contribution in [3.8, 4) is 0 Å². The topological polar surface area (TPSA) is 723 Å². The molecule has 3 heterocycles. The molecule has 8 rings (SSSR count). The second-order valence-corrected chi connectivity index (χ2v) is 40.0. The molecule has 3 aliphatic heterocycles. The quantitative estimate of drug-likeness (QED) is 0.00474. The number of aliphatic hydroxyl groups is 24. The number of likely N-dealkylation sites (tertiary alicyclic amines) is 1. The molecule has 0 radical (unpaired) electrons. The van der Waals surface area contributed by atoms with E-state index in [2.05, 4.69) is 35.7 Å². The molecule has 34 unspecified atom stereocenters. The Hall–Kier alpha value is -5.40. The van der Waals surface area contributed by atoms with Gasteiger partial charge in [-0.1, -0.05) is 85.6 Å². The van der Waals surface area contributed by atoms with Gasteiger partial charge in [-0.15, -0.1) is 11.8 Å². The molecule has 45 heteroatoms. The number of carbonyl (C=O) groups excluding carboxylic acids is 4. The first kappa shape index (κ1) is 112. The van der Waals surface area contributed by atoms with Crippen LogP contribution in [0.1, 0.15) is 199 Å². The van der Waals surface area contributed by atoms with Crippen LogP contribution in [0.25, 0.3) is 0 Å². The Morgan fingerprint density at radius 1 is 0.659 bits per heavy atom. The summed E-state index contributed by atoms with van der Waals surface area (Å²) < 4.78 is 58.7. The summed E-state index contributed by atoms with van der Waals surface area (Å²) in [7, 11) is 0. The summed E-state index contributed by atoms with van der Waals surface area (Å²) in [5.74, 6) is -9.40. The molecule has 44 nitrogen and oxygen atoms in total. The zero-order valence-corrected chi connectivity index (χ0v) is 77.6. The van der Waals surface area contributed by atoms with Gasteiger partial charge < -0.3 is 175 Å². The molecule has 0 bridgehead atoms. The van der Waals surface area contributed by atoms with Gasteiger partial charge in [0.25, 0.3) is 5.95 Å². The fraction of sp³-hybridized carbons (Fsp3) is 0.874. The highest BCUT2D eigenvalue weighted by atomic mass is 32.2. The summed E-state index contributed by atoms with van der Waals surface area (Å²) in [6, 6.07) is 0. The lowest BCUT2D eigenvalue weighted by Gasteiger charge is -2.72. The first-order valence-corrected chi connectivity index (χ1v) is 46.6. The summed E-state index contributed by atoms with van der Waals surface area (Å²) in [6.45, 7) is 18.4. The highest BCUT2D eigenvalue weighted by Gasteiger charge is 2.73. The number of carboxylic acids is 1. The van der Waals surface area contributed by atoms with E-state index in [9.17, 15) is 147 Å². The van der Waals surface area contributed by atoms with Crippen molar-refractivity contribution in [2.24, 2.45) is 66.5 Å². The van der Waals surface area contributed by atoms with Crippen molar-refractivity contribution in [1.82, 2.24) is 10.3 Å². The van der Waals surface area contributed by atoms with Crippen LogP contribution in [0.5, 0.6) is 0 Å². The fourth-order valence-corrected chi connectivity index (χ4v) is 22.1. The Kier molecular flexibility index (Phi) is 40.3. The molecule has 7 fully saturated rings. The molecule has 0 aromatic carbocycles. The summed E-state index contributed by atoms with van der Waals surface area (Å²) in [5, 5.41) is 285. The molecule has 5 aliphatic carbocycles. The molecule has 760 valence electrons. The van der Waals surface area contributed by atoms with Crippen LogP contribution in [-0.2, 0) is 71.3 Å². The van der Waals surface area contributed by atoms with Crippen molar-refractivity contribution in [2.75, 3.05) is 38.7 Å². The average Bonchev–Trinajstić information content (AvgIpc) is 0.952. The Bertz CT molecular complexity index is 3870. The predicted molar refractivity (Wildman–Crippen MR) is 456 cm³/mol. The van der Waals surface area contributed by atoms with Crippen LogP contribution in [0.2, 0.25) is 0 Å². The van der Waals surface area contributed by atoms with Crippen molar-refractivity contribution in [2.45, 2.75) is 382 Å². The minimum absolute atomic E-state index is 0.00531. The van der Waals surface area contributed by atoms with Crippen molar-refractivity contribution in [3.05, 3.63) is 35.4 Å². The van der Waals surface area contributed by atoms with Gasteiger partial charge in [0.1, 0.15) is 97.0 Å². The SMILES string of the molecule is CCC(C)/C=C(\O)OC(CC)C(O)C(OC1OC(C)C(OC(O)C(O)C(OC2OC(CO)C(O)C(O)C2O)C(C)O)C(O)C1O)C(O)OC(=O)[C@]12CCC(C)(C)CC1C1=CCC3[C@@]4(C)CCC(OC(O)C(OC(O)C(O)C(O)C(O)CCO)C(O/C(O)=C(\O)C(C)O)C(O)CC(=O)O)[C@@](C)(C/N=N/NC(=O)CCCCCN5C(=O)CC(SCCO)C5=O)C4CC[C@@]3(C)[C@]1(C)CC2O. The lowest BCUT2D eigenvalue weighted by atomic mass is 9.33. The molecule has 132 heavy (non-hydrogen) atoms. The van der Waals surface area contributed by atoms with Gasteiger partial charge in [-0.2, -0.15) is 5.11 Å². The van der Waals surface area contributed by atoms with Gasteiger partial charge >= 0.3 is 17.9 Å². The first-order chi connectivity index (χ1) is 61.8. The van der Waals surface area contributed by atoms with E-state index >= 15 is 4.79 Å². The molecule has 3 amide bonds. The van der Waals surface area contributed by atoms with E-state index in [4.69, 9.17) is 47.4 Å². The number of esters is 1. The van der Waals surface area contributed by atoms with E-state index < -0.39 is 289 Å². The third kappa shape index (κ3) is 24.9. The predicted octanol–water partition coefficient (Wildman–Crippen LogP) is -1.66. The highest BCUT2D eigenvalue weighted by Crippen LogP contribution is 2.76. The number of nitrogens with one attached hydrogen (secondary N) is 1. The molecule has 3 saturated heterocycles. The Labute approximate surface area is 770 Å². The first-order valence-electron chi connectivity index (χ1n) is 45.5. The van der Waals surface area contributed by atoms with Crippen molar-refractivity contribution >= 4 is 41.4 Å². The van der Waals surface area contributed by atoms with Gasteiger partial charge in [-0.3, -0.25) is 28.9 Å². The zero-order valence-electron chi connectivity index (χ0n) is 76.8. The monoisotopic (exact) mass is 1920 g/mol. The van der Waals surface area contributed by atoms with Gasteiger partial charge in [-0.05, 0) is 162 Å². The van der Waals surface area contributed by atoms with Crippen LogP contribution < -0.4 is 5.43 Å². The number of hydrogen-bond donors (Lipinski definition) is 26. The Morgan fingerprint density at radius 3 is 1.94 bits per heavy atom. The van der Waals surface area contributed by atoms with Crippen LogP contribution in [0.4, 0.5) is 0 Å². The van der Waals surface area contributed by atoms with Gasteiger partial charge in [-0.25, -0.2) is 5.43 Å². The number of thioether (sulfide) groups is 1. The number of rotatable bonds is 49. The third-order valence-corrected chi connectivity index (χ3v) is 30.4. The van der Waals surface area contributed by atoms with E-state index in [0.717, 1.165) is 19.4 Å². The van der Waals surface area contributed by atoms with Crippen molar-refractivity contribution < 1.29 is 199 Å². The number of ether oxygens (including phenoxy) is 10. The number of carboxylic acid groups (broad SMARTS) is 1. The zero-order chi connectivity index (χ0) is 98.7. The number of hydrogen-bond acceptors (Lipinski definition) is 42. The van der Waals surface area contributed by atoms with E-state index in [0.29, 0.717) is 44.9 Å². The molecule has 4 saturated carbocycles. The minimum atomic E-state index is -2.73. The summed E-state index contributed by atoms with van der Waals surface area (Å²) in [5.41, 5.74) is -3.24. The maximum Gasteiger partial charge on any atom is 0.319 e. The van der Waals surface area contributed by atoms with E-state index in [1.165, 1.54) is 36.6 Å². The maximum atomic E-state index is 16.0. The minimum Gasteiger partial charge on any atom is -0.504 e. The lowest BCUT2D eigenvalue weighted by molar-refractivity contribution is -0.358. The number of imide groups is 1. The van der Waals surface area contributed by atoms with Crippen LogP contribution in [0.3, 0.4) is 0 Å². The molecule has 0 aromatic rings. The molecular weight excluding hydrogens is 1770 g/mol. The standard InChI is InChI=1S/C87H146N4O40S/c1-13-39(3)32-57(104)123-47(14-2)61(108)71(130-79-66(113)63(110)69(42(6)122-79)126-76(118)67(114)68(41(5)96)129-80-65(112)62(109)60(107)48(37-94)124-80)77(119)131-81(121)87-27-26-82(7,8)35-44(87)43-19-20-51-83(9)24-22-53(125-78(120)72(128-75(117)64(111)59(106)45(97)23-29-92)70(46(98)33-56(102)103)127-74(116)58(105)40(4)95)84(10,50(83)21-25-85(51,11)86(43,12)36-52(87)99)38-88-90-89-54(100)18-16-15-17-28-91-55(101)34-49(73(91)115)132-31-30-93/h19,32,39-42,44-53,59-72,75-80,92-99,104-114,116-120H,13-18,20-31,33-38H2,1-12H3,(H,102,103)(H,88,89,100)/b57-32+,74-58-/t39?,40?,41?,42?,44?,45?,46?,47?,48?,49?,50?,51?,52?,53?,59?,60?,61?,62?,63?,64?,65?,66?,67?,68?,69?,70?,71?,72?,75?,76?,77?,78?,79?,80?,83-,84-,85+,86+,87+/m0/s1. The number of allylic oxidation sites excluding steroid dienone is 3. The fourth-order valence-electron chi connectivity index (χ4n) is 21.2. The van der Waals surface area contributed by atoms with Gasteiger partial charge in [0.2, 0.25) is 29.8 Å². The van der Waals surface area contributed by atoms with E-state index in [-0.39, 0.29) is 107 Å². The maximum absolute atomic E-state index is 16.0. The number of nitrogens with zero attached hydrogens (tertiary/aromatic N) is 3.